The van der Waals surface area contributed by atoms with E-state index in [1.165, 1.54) is 0 Å². The summed E-state index contributed by atoms with van der Waals surface area (Å²) in [6.07, 6.45) is 4.56. The van der Waals surface area contributed by atoms with Gasteiger partial charge in [-0.05, 0) is 42.7 Å². The zero-order chi connectivity index (χ0) is 22.5. The molecular formula is C26H27N5. The summed E-state index contributed by atoms with van der Waals surface area (Å²) in [6, 6.07) is 22.6. The summed E-state index contributed by atoms with van der Waals surface area (Å²) in [5.41, 5.74) is 2.52. The number of aliphatic imine (C=N–C) groups is 1. The van der Waals surface area contributed by atoms with Gasteiger partial charge >= 0.3 is 0 Å². The van der Waals surface area contributed by atoms with Crippen LogP contribution in [0.4, 0.5) is 11.4 Å². The highest BCUT2D eigenvalue weighted by Crippen LogP contribution is 2.25. The summed E-state index contributed by atoms with van der Waals surface area (Å²) in [4.78, 5) is 6.85. The van der Waals surface area contributed by atoms with Crippen molar-refractivity contribution in [2.75, 3.05) is 18.0 Å². The lowest BCUT2D eigenvalue weighted by molar-refractivity contribution is 0.678. The van der Waals surface area contributed by atoms with E-state index >= 15 is 0 Å². The van der Waals surface area contributed by atoms with E-state index in [1.54, 1.807) is 24.3 Å². The van der Waals surface area contributed by atoms with Crippen molar-refractivity contribution in [2.45, 2.75) is 39.5 Å². The van der Waals surface area contributed by atoms with E-state index < -0.39 is 0 Å². The van der Waals surface area contributed by atoms with Crippen LogP contribution in [0.5, 0.6) is 0 Å². The highest BCUT2D eigenvalue weighted by Gasteiger charge is 2.16. The molecule has 0 aliphatic rings. The van der Waals surface area contributed by atoms with E-state index in [9.17, 15) is 15.8 Å². The van der Waals surface area contributed by atoms with E-state index in [0.29, 0.717) is 11.3 Å². The van der Waals surface area contributed by atoms with Crippen molar-refractivity contribution in [2.24, 2.45) is 4.99 Å². The number of unbranched alkanes of at least 4 members (excludes halogenated alkanes) is 2. The number of anilines is 1. The minimum atomic E-state index is -0.131. The fourth-order valence-corrected chi connectivity index (χ4v) is 3.21. The maximum atomic E-state index is 9.75. The molecule has 0 saturated carbocycles. The molecule has 0 aliphatic heterocycles. The first-order valence-corrected chi connectivity index (χ1v) is 10.6. The van der Waals surface area contributed by atoms with Crippen LogP contribution in [-0.4, -0.2) is 18.8 Å². The van der Waals surface area contributed by atoms with Crippen LogP contribution < -0.4 is 4.90 Å². The second-order valence-electron chi connectivity index (χ2n) is 7.12. The Balaban J connectivity index is 2.41. The third kappa shape index (κ3) is 6.56. The van der Waals surface area contributed by atoms with Gasteiger partial charge in [-0.1, -0.05) is 57.0 Å². The van der Waals surface area contributed by atoms with Gasteiger partial charge < -0.3 is 4.90 Å². The molecule has 5 nitrogen and oxygen atoms in total. The predicted octanol–water partition coefficient (Wildman–Crippen LogP) is 6.19. The Morgan fingerprint density at radius 1 is 0.806 bits per heavy atom. The molecule has 0 N–H and O–H groups in total. The summed E-state index contributed by atoms with van der Waals surface area (Å²) in [5, 5.41) is 28.6. The van der Waals surface area contributed by atoms with Gasteiger partial charge in [0.15, 0.2) is 5.71 Å². The van der Waals surface area contributed by atoms with Crippen LogP contribution in [0.25, 0.3) is 5.57 Å². The molecule has 2 aromatic rings. The van der Waals surface area contributed by atoms with Crippen LogP contribution in [0.1, 0.15) is 45.1 Å². The first kappa shape index (κ1) is 23.4. The Bertz CT molecular complexity index is 1000. The molecule has 0 atom stereocenters. The molecule has 2 aromatic carbocycles. The van der Waals surface area contributed by atoms with Gasteiger partial charge in [-0.2, -0.15) is 15.8 Å². The highest BCUT2D eigenvalue weighted by atomic mass is 15.1. The Labute approximate surface area is 185 Å². The molecule has 5 heteroatoms. The van der Waals surface area contributed by atoms with E-state index in [-0.39, 0.29) is 16.9 Å². The molecule has 156 valence electrons. The third-order valence-corrected chi connectivity index (χ3v) is 4.90. The second kappa shape index (κ2) is 12.6. The molecule has 0 aliphatic carbocycles. The fraction of sp³-hybridized carbons (Fsp3) is 0.308. The summed E-state index contributed by atoms with van der Waals surface area (Å²) < 4.78 is 0. The van der Waals surface area contributed by atoms with Crippen LogP contribution in [0.3, 0.4) is 0 Å². The molecule has 0 fully saturated rings. The maximum Gasteiger partial charge on any atom is 0.151 e. The zero-order valence-corrected chi connectivity index (χ0v) is 18.2. The smallest absolute Gasteiger partial charge is 0.151 e. The van der Waals surface area contributed by atoms with Gasteiger partial charge in [0, 0.05) is 24.4 Å². The Hall–Kier alpha value is -3.88. The van der Waals surface area contributed by atoms with Crippen LogP contribution in [0.15, 0.2) is 65.2 Å². The lowest BCUT2D eigenvalue weighted by Gasteiger charge is -2.24. The number of hydrogen-bond donors (Lipinski definition) is 0. The number of rotatable bonds is 10. The minimum Gasteiger partial charge on any atom is -0.372 e. The normalized spacial score (nSPS) is 10.5. The standard InChI is InChI=1S/C26H27N5/c1-3-5-16-31(17-6-4-2)24-14-12-23(13-15-24)30-25(20-29)26(22(18-27)19-28)21-10-8-7-9-11-21/h7-15H,3-6,16-17H2,1-2H3. The Morgan fingerprint density at radius 2 is 1.39 bits per heavy atom. The summed E-state index contributed by atoms with van der Waals surface area (Å²) in [5.74, 6) is 0. The third-order valence-electron chi connectivity index (χ3n) is 4.90. The average Bonchev–Trinajstić information content (AvgIpc) is 2.82. The summed E-state index contributed by atoms with van der Waals surface area (Å²) in [7, 11) is 0. The highest BCUT2D eigenvalue weighted by molar-refractivity contribution is 6.33. The molecule has 0 radical (unpaired) electrons. The molecule has 0 heterocycles. The van der Waals surface area contributed by atoms with Crippen molar-refractivity contribution in [3.8, 4) is 18.2 Å². The molecule has 0 saturated heterocycles. The monoisotopic (exact) mass is 409 g/mol. The van der Waals surface area contributed by atoms with Crippen molar-refractivity contribution in [3.63, 3.8) is 0 Å². The van der Waals surface area contributed by atoms with Gasteiger partial charge in [0.1, 0.15) is 23.8 Å². The van der Waals surface area contributed by atoms with Gasteiger partial charge in [-0.3, -0.25) is 0 Å². The van der Waals surface area contributed by atoms with Gasteiger partial charge in [0.2, 0.25) is 0 Å². The van der Waals surface area contributed by atoms with Crippen LogP contribution in [0, 0.1) is 34.0 Å². The fourth-order valence-electron chi connectivity index (χ4n) is 3.21. The molecule has 0 bridgehead atoms. The van der Waals surface area contributed by atoms with Gasteiger partial charge in [-0.15, -0.1) is 0 Å². The van der Waals surface area contributed by atoms with Gasteiger partial charge in [-0.25, -0.2) is 4.99 Å². The van der Waals surface area contributed by atoms with Crippen LogP contribution >= 0.6 is 0 Å². The van der Waals surface area contributed by atoms with Gasteiger partial charge in [0.25, 0.3) is 0 Å². The quantitative estimate of drug-likeness (QED) is 0.346. The van der Waals surface area contributed by atoms with Crippen LogP contribution in [-0.2, 0) is 0 Å². The van der Waals surface area contributed by atoms with Crippen molar-refractivity contribution in [1.82, 2.24) is 0 Å². The van der Waals surface area contributed by atoms with Crippen molar-refractivity contribution < 1.29 is 0 Å². The van der Waals surface area contributed by atoms with E-state index in [1.807, 2.05) is 42.5 Å². The number of hydrogen-bond acceptors (Lipinski definition) is 5. The first-order chi connectivity index (χ1) is 15.2. The van der Waals surface area contributed by atoms with Crippen LogP contribution in [0.2, 0.25) is 0 Å². The SMILES string of the molecule is CCCCN(CCCC)c1ccc(N=C(C#N)C(=C(C#N)C#N)c2ccccc2)cc1. The van der Waals surface area contributed by atoms with E-state index in [2.05, 4.69) is 29.8 Å². The van der Waals surface area contributed by atoms with Gasteiger partial charge in [0.05, 0.1) is 5.69 Å². The molecule has 0 spiro atoms. The molecule has 0 unspecified atom stereocenters. The lowest BCUT2D eigenvalue weighted by atomic mass is 9.97. The molecular weight excluding hydrogens is 382 g/mol. The van der Waals surface area contributed by atoms with Crippen molar-refractivity contribution >= 4 is 22.7 Å². The van der Waals surface area contributed by atoms with Crippen molar-refractivity contribution in [1.29, 1.82) is 15.8 Å². The minimum absolute atomic E-state index is 0.0471. The molecule has 31 heavy (non-hydrogen) atoms. The summed E-state index contributed by atoms with van der Waals surface area (Å²) >= 11 is 0. The molecule has 2 rings (SSSR count). The molecule has 0 amide bonds. The number of allylic oxidation sites excluding steroid dienone is 2. The maximum absolute atomic E-state index is 9.75. The molecule has 0 aromatic heterocycles. The first-order valence-electron chi connectivity index (χ1n) is 10.6. The lowest BCUT2D eigenvalue weighted by Crippen LogP contribution is -2.25. The Kier molecular flexibility index (Phi) is 9.54. The van der Waals surface area contributed by atoms with E-state index in [4.69, 9.17) is 0 Å². The Morgan fingerprint density at radius 3 is 1.87 bits per heavy atom. The number of benzene rings is 2. The average molecular weight is 410 g/mol. The largest absolute Gasteiger partial charge is 0.372 e. The predicted molar refractivity (Wildman–Crippen MR) is 126 cm³/mol. The van der Waals surface area contributed by atoms with Crippen molar-refractivity contribution in [3.05, 3.63) is 65.7 Å². The van der Waals surface area contributed by atoms with E-state index in [0.717, 1.165) is 44.5 Å². The topological polar surface area (TPSA) is 87.0 Å². The summed E-state index contributed by atoms with van der Waals surface area (Å²) in [6.45, 7) is 6.40. The number of nitriles is 3. The number of nitrogens with zero attached hydrogens (tertiary/aromatic N) is 5. The second-order valence-corrected chi connectivity index (χ2v) is 7.12. The zero-order valence-electron chi connectivity index (χ0n) is 18.2.